The van der Waals surface area contributed by atoms with Crippen LogP contribution in [0.4, 0.5) is 0 Å². The van der Waals surface area contributed by atoms with E-state index >= 15 is 0 Å². The topological polar surface area (TPSA) is 26.3 Å². The summed E-state index contributed by atoms with van der Waals surface area (Å²) in [5.41, 5.74) is 0. The number of hydrogen-bond acceptors (Lipinski definition) is 2. The Hall–Kier alpha value is -0.530. The Kier molecular flexibility index (Phi) is 16.4. The number of unbranched alkanes of at least 4 members (excludes halogenated alkanes) is 8. The molecule has 1 atom stereocenters. The Labute approximate surface area is 139 Å². The second kappa shape index (κ2) is 16.8. The number of carbonyl (C=O) groups is 1. The van der Waals surface area contributed by atoms with Crippen LogP contribution in [0.3, 0.4) is 0 Å². The third kappa shape index (κ3) is 14.4. The molecule has 0 aliphatic heterocycles. The van der Waals surface area contributed by atoms with Gasteiger partial charge in [-0.05, 0) is 25.2 Å². The number of esters is 1. The van der Waals surface area contributed by atoms with E-state index in [-0.39, 0.29) is 5.97 Å². The molecule has 0 aliphatic rings. The highest BCUT2D eigenvalue weighted by atomic mass is 16.5. The molecule has 0 fully saturated rings. The summed E-state index contributed by atoms with van der Waals surface area (Å²) in [4.78, 5) is 11.8. The quantitative estimate of drug-likeness (QED) is 0.235. The van der Waals surface area contributed by atoms with Gasteiger partial charge in [0.15, 0.2) is 0 Å². The SMILES string of the molecule is CCCCCCCCCC(=O)OCC(CCC)CCCCC. The van der Waals surface area contributed by atoms with Crippen molar-refractivity contribution < 1.29 is 9.53 Å². The Morgan fingerprint density at radius 3 is 1.95 bits per heavy atom. The molecule has 0 spiro atoms. The molecule has 22 heavy (non-hydrogen) atoms. The summed E-state index contributed by atoms with van der Waals surface area (Å²) in [6.45, 7) is 7.33. The zero-order valence-electron chi connectivity index (χ0n) is 15.5. The van der Waals surface area contributed by atoms with Gasteiger partial charge in [0.25, 0.3) is 0 Å². The van der Waals surface area contributed by atoms with Crippen LogP contribution in [0.1, 0.15) is 111 Å². The van der Waals surface area contributed by atoms with Crippen LogP contribution >= 0.6 is 0 Å². The second-order valence-corrected chi connectivity index (χ2v) is 6.70. The van der Waals surface area contributed by atoms with Crippen LogP contribution in [0, 0.1) is 5.92 Å². The van der Waals surface area contributed by atoms with E-state index in [1.54, 1.807) is 0 Å². The van der Waals surface area contributed by atoms with Gasteiger partial charge in [-0.25, -0.2) is 0 Å². The van der Waals surface area contributed by atoms with Crippen LogP contribution in [0.2, 0.25) is 0 Å². The van der Waals surface area contributed by atoms with Gasteiger partial charge in [-0.15, -0.1) is 0 Å². The summed E-state index contributed by atoms with van der Waals surface area (Å²) in [5, 5.41) is 0. The zero-order chi connectivity index (χ0) is 16.5. The summed E-state index contributed by atoms with van der Waals surface area (Å²) in [6, 6.07) is 0. The van der Waals surface area contributed by atoms with Gasteiger partial charge < -0.3 is 4.74 Å². The van der Waals surface area contributed by atoms with Gasteiger partial charge in [0.1, 0.15) is 0 Å². The highest BCUT2D eigenvalue weighted by Gasteiger charge is 2.11. The Morgan fingerprint density at radius 2 is 1.32 bits per heavy atom. The summed E-state index contributed by atoms with van der Waals surface area (Å²) in [6.07, 6.45) is 16.8. The molecule has 0 aromatic carbocycles. The van der Waals surface area contributed by atoms with Gasteiger partial charge in [-0.3, -0.25) is 4.79 Å². The fraction of sp³-hybridized carbons (Fsp3) is 0.950. The van der Waals surface area contributed by atoms with Crippen molar-refractivity contribution in [2.24, 2.45) is 5.92 Å². The normalized spacial score (nSPS) is 12.3. The maximum absolute atomic E-state index is 11.8. The molecule has 132 valence electrons. The van der Waals surface area contributed by atoms with Crippen LogP contribution < -0.4 is 0 Å². The summed E-state index contributed by atoms with van der Waals surface area (Å²) in [7, 11) is 0. The molecule has 2 nitrogen and oxygen atoms in total. The van der Waals surface area contributed by atoms with Gasteiger partial charge in [0, 0.05) is 6.42 Å². The minimum atomic E-state index is 0.0187. The lowest BCUT2D eigenvalue weighted by Crippen LogP contribution is -2.14. The minimum absolute atomic E-state index is 0.0187. The van der Waals surface area contributed by atoms with Crippen LogP contribution in [0.15, 0.2) is 0 Å². The molecule has 2 heteroatoms. The summed E-state index contributed by atoms with van der Waals surface area (Å²) < 4.78 is 5.49. The summed E-state index contributed by atoms with van der Waals surface area (Å²) >= 11 is 0. The lowest BCUT2D eigenvalue weighted by Gasteiger charge is -2.16. The van der Waals surface area contributed by atoms with Gasteiger partial charge in [0.05, 0.1) is 6.61 Å². The number of ether oxygens (including phenoxy) is 1. The molecular weight excluding hydrogens is 272 g/mol. The van der Waals surface area contributed by atoms with E-state index in [4.69, 9.17) is 4.74 Å². The molecule has 0 saturated heterocycles. The molecule has 0 N–H and O–H groups in total. The molecule has 0 radical (unpaired) electrons. The third-order valence-corrected chi connectivity index (χ3v) is 4.38. The highest BCUT2D eigenvalue weighted by molar-refractivity contribution is 5.69. The number of rotatable bonds is 16. The standard InChI is InChI=1S/C20H40O2/c1-4-7-9-10-11-12-14-17-20(21)22-18-19(15-6-3)16-13-8-5-2/h19H,4-18H2,1-3H3. The maximum Gasteiger partial charge on any atom is 0.305 e. The first-order valence-corrected chi connectivity index (χ1v) is 9.90. The average molecular weight is 313 g/mol. The Balaban J connectivity index is 3.58. The van der Waals surface area contributed by atoms with Gasteiger partial charge >= 0.3 is 5.97 Å². The fourth-order valence-corrected chi connectivity index (χ4v) is 2.91. The first-order valence-electron chi connectivity index (χ1n) is 9.90. The van der Waals surface area contributed by atoms with Crippen LogP contribution in [0.25, 0.3) is 0 Å². The van der Waals surface area contributed by atoms with E-state index < -0.39 is 0 Å². The largest absolute Gasteiger partial charge is 0.465 e. The van der Waals surface area contributed by atoms with E-state index in [1.165, 1.54) is 77.0 Å². The minimum Gasteiger partial charge on any atom is -0.465 e. The summed E-state index contributed by atoms with van der Waals surface area (Å²) in [5.74, 6) is 0.597. The first-order chi connectivity index (χ1) is 10.7. The van der Waals surface area contributed by atoms with Crippen molar-refractivity contribution in [1.82, 2.24) is 0 Å². The van der Waals surface area contributed by atoms with Crippen molar-refractivity contribution in [3.8, 4) is 0 Å². The van der Waals surface area contributed by atoms with Crippen molar-refractivity contribution in [2.45, 2.75) is 111 Å². The van der Waals surface area contributed by atoms with E-state index in [0.717, 1.165) is 6.42 Å². The predicted octanol–water partition coefficient (Wildman–Crippen LogP) is 6.67. The lowest BCUT2D eigenvalue weighted by molar-refractivity contribution is -0.145. The van der Waals surface area contributed by atoms with Crippen molar-refractivity contribution in [2.75, 3.05) is 6.61 Å². The first kappa shape index (κ1) is 21.5. The fourth-order valence-electron chi connectivity index (χ4n) is 2.91. The third-order valence-electron chi connectivity index (χ3n) is 4.38. The molecule has 0 rings (SSSR count). The van der Waals surface area contributed by atoms with Crippen LogP contribution in [-0.2, 0) is 9.53 Å². The Morgan fingerprint density at radius 1 is 0.727 bits per heavy atom. The van der Waals surface area contributed by atoms with Crippen LogP contribution in [-0.4, -0.2) is 12.6 Å². The van der Waals surface area contributed by atoms with Crippen molar-refractivity contribution in [3.05, 3.63) is 0 Å². The lowest BCUT2D eigenvalue weighted by atomic mass is 9.97. The van der Waals surface area contributed by atoms with Crippen LogP contribution in [0.5, 0.6) is 0 Å². The molecule has 0 saturated carbocycles. The average Bonchev–Trinajstić information content (AvgIpc) is 2.52. The van der Waals surface area contributed by atoms with Crippen molar-refractivity contribution in [3.63, 3.8) is 0 Å². The van der Waals surface area contributed by atoms with E-state index in [0.29, 0.717) is 18.9 Å². The molecule has 0 aliphatic carbocycles. The van der Waals surface area contributed by atoms with Crippen molar-refractivity contribution in [1.29, 1.82) is 0 Å². The Bertz CT molecular complexity index is 238. The highest BCUT2D eigenvalue weighted by Crippen LogP contribution is 2.17. The second-order valence-electron chi connectivity index (χ2n) is 6.70. The van der Waals surface area contributed by atoms with Gasteiger partial charge in [-0.2, -0.15) is 0 Å². The monoisotopic (exact) mass is 312 g/mol. The maximum atomic E-state index is 11.8. The predicted molar refractivity (Wildman–Crippen MR) is 96.1 cm³/mol. The van der Waals surface area contributed by atoms with E-state index in [1.807, 2.05) is 0 Å². The molecule has 0 aromatic rings. The van der Waals surface area contributed by atoms with Crippen molar-refractivity contribution >= 4 is 5.97 Å². The molecule has 0 bridgehead atoms. The number of carbonyl (C=O) groups excluding carboxylic acids is 1. The van der Waals surface area contributed by atoms with Gasteiger partial charge in [-0.1, -0.05) is 85.0 Å². The van der Waals surface area contributed by atoms with Gasteiger partial charge in [0.2, 0.25) is 0 Å². The molecule has 0 heterocycles. The zero-order valence-corrected chi connectivity index (χ0v) is 15.5. The molecular formula is C20H40O2. The van der Waals surface area contributed by atoms with E-state index in [2.05, 4.69) is 20.8 Å². The molecule has 1 unspecified atom stereocenters. The number of hydrogen-bond donors (Lipinski definition) is 0. The molecule has 0 aromatic heterocycles. The smallest absolute Gasteiger partial charge is 0.305 e. The molecule has 0 amide bonds. The van der Waals surface area contributed by atoms with E-state index in [9.17, 15) is 4.79 Å².